The Kier molecular flexibility index (Phi) is 6.14. The molecule has 28 heavy (non-hydrogen) atoms. The van der Waals surface area contributed by atoms with Gasteiger partial charge in [0, 0.05) is 23.0 Å². The van der Waals surface area contributed by atoms with Crippen LogP contribution in [0.3, 0.4) is 0 Å². The second-order valence-corrected chi connectivity index (χ2v) is 10.3. The first-order valence-electron chi connectivity index (χ1n) is 8.88. The molecule has 9 heteroatoms. The Morgan fingerprint density at radius 1 is 1.32 bits per heavy atom. The Hall–Kier alpha value is -2.26. The van der Waals surface area contributed by atoms with Gasteiger partial charge in [0.2, 0.25) is 11.8 Å². The van der Waals surface area contributed by atoms with Gasteiger partial charge in [0.05, 0.1) is 22.9 Å². The molecule has 2 heterocycles. The average molecular weight is 423 g/mol. The molecule has 2 amide bonds. The summed E-state index contributed by atoms with van der Waals surface area (Å²) >= 11 is 1.53. The minimum Gasteiger partial charge on any atom is -0.465 e. The lowest BCUT2D eigenvalue weighted by Crippen LogP contribution is -2.25. The van der Waals surface area contributed by atoms with E-state index in [0.29, 0.717) is 17.9 Å². The standard InChI is InChI=1S/C19H22N2O5S2/c1-12-3-4-14(26-12)11-20-18(22)7-8-28(24,25)15-5-6-17-16(10-15)21-19(23)9-13(2)27-17/h3-6,10,13H,7-9,11H2,1-2H3,(H,20,22)(H,21,23)/t13-/m0/s1. The van der Waals surface area contributed by atoms with Gasteiger partial charge in [-0.15, -0.1) is 11.8 Å². The van der Waals surface area contributed by atoms with Gasteiger partial charge >= 0.3 is 0 Å². The van der Waals surface area contributed by atoms with Crippen molar-refractivity contribution in [1.82, 2.24) is 5.32 Å². The zero-order valence-corrected chi connectivity index (χ0v) is 17.3. The van der Waals surface area contributed by atoms with Crippen LogP contribution in [0.4, 0.5) is 5.69 Å². The molecule has 0 spiro atoms. The fourth-order valence-electron chi connectivity index (χ4n) is 2.82. The third-order valence-electron chi connectivity index (χ3n) is 4.24. The summed E-state index contributed by atoms with van der Waals surface area (Å²) in [5.41, 5.74) is 0.498. The molecule has 1 aromatic carbocycles. The van der Waals surface area contributed by atoms with Gasteiger partial charge in [-0.2, -0.15) is 0 Å². The van der Waals surface area contributed by atoms with Crippen LogP contribution in [0.15, 0.2) is 44.5 Å². The molecule has 0 unspecified atom stereocenters. The maximum absolute atomic E-state index is 12.6. The monoisotopic (exact) mass is 422 g/mol. The van der Waals surface area contributed by atoms with Crippen molar-refractivity contribution >= 4 is 39.1 Å². The Balaban J connectivity index is 1.62. The van der Waals surface area contributed by atoms with Gasteiger partial charge in [-0.3, -0.25) is 9.59 Å². The molecular weight excluding hydrogens is 400 g/mol. The number of carbonyl (C=O) groups is 2. The van der Waals surface area contributed by atoms with E-state index in [-0.39, 0.29) is 40.7 Å². The molecule has 7 nitrogen and oxygen atoms in total. The van der Waals surface area contributed by atoms with Gasteiger partial charge in [-0.25, -0.2) is 8.42 Å². The number of amides is 2. The molecule has 1 aliphatic heterocycles. The van der Waals surface area contributed by atoms with Crippen LogP contribution >= 0.6 is 11.8 Å². The Morgan fingerprint density at radius 3 is 2.82 bits per heavy atom. The van der Waals surface area contributed by atoms with Crippen molar-refractivity contribution in [2.75, 3.05) is 11.1 Å². The molecule has 1 aliphatic rings. The van der Waals surface area contributed by atoms with Crippen LogP contribution in [-0.4, -0.2) is 31.2 Å². The topological polar surface area (TPSA) is 105 Å². The molecular formula is C19H22N2O5S2. The third kappa shape index (κ3) is 5.17. The van der Waals surface area contributed by atoms with Gasteiger partial charge in [0.1, 0.15) is 11.5 Å². The molecule has 0 bridgehead atoms. The van der Waals surface area contributed by atoms with E-state index in [4.69, 9.17) is 4.42 Å². The van der Waals surface area contributed by atoms with Crippen molar-refractivity contribution in [3.8, 4) is 0 Å². The quantitative estimate of drug-likeness (QED) is 0.742. The number of nitrogens with one attached hydrogen (secondary N) is 2. The SMILES string of the molecule is Cc1ccc(CNC(=O)CCS(=O)(=O)c2ccc3c(c2)NC(=O)C[C@H](C)S3)o1. The largest absolute Gasteiger partial charge is 0.465 e. The third-order valence-corrected chi connectivity index (χ3v) is 7.13. The van der Waals surface area contributed by atoms with Gasteiger partial charge < -0.3 is 15.1 Å². The fraction of sp³-hybridized carbons (Fsp3) is 0.368. The summed E-state index contributed by atoms with van der Waals surface area (Å²) in [6, 6.07) is 8.25. The van der Waals surface area contributed by atoms with Crippen molar-refractivity contribution in [1.29, 1.82) is 0 Å². The second-order valence-electron chi connectivity index (χ2n) is 6.70. The first kappa shape index (κ1) is 20.5. The summed E-state index contributed by atoms with van der Waals surface area (Å²) in [4.78, 5) is 24.8. The Labute approximate surface area is 168 Å². The summed E-state index contributed by atoms with van der Waals surface area (Å²) in [6.07, 6.45) is 0.216. The number of furan rings is 1. The summed E-state index contributed by atoms with van der Waals surface area (Å²) in [7, 11) is -3.66. The first-order valence-corrected chi connectivity index (χ1v) is 11.4. The first-order chi connectivity index (χ1) is 13.2. The number of benzene rings is 1. The van der Waals surface area contributed by atoms with Crippen LogP contribution in [0.5, 0.6) is 0 Å². The zero-order valence-electron chi connectivity index (χ0n) is 15.7. The molecule has 2 aromatic rings. The van der Waals surface area contributed by atoms with E-state index in [9.17, 15) is 18.0 Å². The van der Waals surface area contributed by atoms with E-state index < -0.39 is 9.84 Å². The Morgan fingerprint density at radius 2 is 2.11 bits per heavy atom. The number of fused-ring (bicyclic) bond motifs is 1. The Bertz CT molecular complexity index is 998. The summed E-state index contributed by atoms with van der Waals surface area (Å²) in [5, 5.41) is 5.52. The van der Waals surface area contributed by atoms with Crippen molar-refractivity contribution in [3.63, 3.8) is 0 Å². The normalized spacial score (nSPS) is 16.8. The van der Waals surface area contributed by atoms with Crippen molar-refractivity contribution in [2.24, 2.45) is 0 Å². The lowest BCUT2D eigenvalue weighted by atomic mass is 10.3. The van der Waals surface area contributed by atoms with Crippen LogP contribution in [0.2, 0.25) is 0 Å². The van der Waals surface area contributed by atoms with Crippen molar-refractivity contribution < 1.29 is 22.4 Å². The number of carbonyl (C=O) groups excluding carboxylic acids is 2. The minimum atomic E-state index is -3.66. The van der Waals surface area contributed by atoms with Crippen LogP contribution in [-0.2, 0) is 26.0 Å². The predicted molar refractivity (Wildman–Crippen MR) is 107 cm³/mol. The highest BCUT2D eigenvalue weighted by Crippen LogP contribution is 2.36. The number of aryl methyl sites for hydroxylation is 1. The molecule has 0 aliphatic carbocycles. The molecule has 1 atom stereocenters. The maximum Gasteiger partial charge on any atom is 0.225 e. The van der Waals surface area contributed by atoms with E-state index in [0.717, 1.165) is 10.7 Å². The van der Waals surface area contributed by atoms with Crippen molar-refractivity contribution in [2.45, 2.75) is 48.3 Å². The van der Waals surface area contributed by atoms with Crippen molar-refractivity contribution in [3.05, 3.63) is 41.9 Å². The molecule has 0 saturated heterocycles. The highest BCUT2D eigenvalue weighted by Gasteiger charge is 2.22. The van der Waals surface area contributed by atoms with Crippen LogP contribution in [0, 0.1) is 6.92 Å². The van der Waals surface area contributed by atoms with E-state index in [2.05, 4.69) is 10.6 Å². The lowest BCUT2D eigenvalue weighted by Gasteiger charge is -2.10. The molecule has 0 radical (unpaired) electrons. The molecule has 0 saturated carbocycles. The number of rotatable bonds is 6. The lowest BCUT2D eigenvalue weighted by molar-refractivity contribution is -0.121. The van der Waals surface area contributed by atoms with Gasteiger partial charge in [0.15, 0.2) is 9.84 Å². The second kappa shape index (κ2) is 8.40. The number of hydrogen-bond acceptors (Lipinski definition) is 6. The number of anilines is 1. The molecule has 0 fully saturated rings. The zero-order chi connectivity index (χ0) is 20.3. The van der Waals surface area contributed by atoms with Crippen LogP contribution < -0.4 is 10.6 Å². The van der Waals surface area contributed by atoms with E-state index >= 15 is 0 Å². The molecule has 2 N–H and O–H groups in total. The number of sulfone groups is 1. The maximum atomic E-state index is 12.6. The molecule has 150 valence electrons. The highest BCUT2D eigenvalue weighted by atomic mass is 32.2. The fourth-order valence-corrected chi connectivity index (χ4v) is 5.14. The number of hydrogen-bond donors (Lipinski definition) is 2. The minimum absolute atomic E-state index is 0.0937. The van der Waals surface area contributed by atoms with Gasteiger partial charge in [-0.1, -0.05) is 6.92 Å². The van der Waals surface area contributed by atoms with Gasteiger partial charge in [-0.05, 0) is 37.3 Å². The summed E-state index contributed by atoms with van der Waals surface area (Å²) < 4.78 is 30.6. The highest BCUT2D eigenvalue weighted by molar-refractivity contribution is 8.00. The predicted octanol–water partition coefficient (Wildman–Crippen LogP) is 2.89. The van der Waals surface area contributed by atoms with E-state index in [1.807, 2.05) is 6.92 Å². The van der Waals surface area contributed by atoms with E-state index in [1.165, 1.54) is 23.9 Å². The summed E-state index contributed by atoms with van der Waals surface area (Å²) in [5.74, 6) is 0.536. The van der Waals surface area contributed by atoms with Crippen LogP contribution in [0.25, 0.3) is 0 Å². The smallest absolute Gasteiger partial charge is 0.225 e. The summed E-state index contributed by atoms with van der Waals surface area (Å²) in [6.45, 7) is 3.97. The number of thioether (sulfide) groups is 1. The molecule has 3 rings (SSSR count). The van der Waals surface area contributed by atoms with Gasteiger partial charge in [0.25, 0.3) is 0 Å². The molecule has 1 aromatic heterocycles. The van der Waals surface area contributed by atoms with Crippen LogP contribution in [0.1, 0.15) is 31.3 Å². The van der Waals surface area contributed by atoms with E-state index in [1.54, 1.807) is 25.1 Å². The average Bonchev–Trinajstić information content (AvgIpc) is 2.98.